The molecule has 0 radical (unpaired) electrons. The molecule has 1 aromatic heterocycles. The number of pyridine rings is 1. The molecule has 1 aliphatic heterocycles. The number of hydrogen-bond acceptors (Lipinski definition) is 5. The van der Waals surface area contributed by atoms with Gasteiger partial charge in [0.1, 0.15) is 12.0 Å². The lowest BCUT2D eigenvalue weighted by molar-refractivity contribution is -0.385. The number of nitrogens with one attached hydrogen (secondary N) is 1. The van der Waals surface area contributed by atoms with Crippen LogP contribution in [0, 0.1) is 16.0 Å². The average molecular weight is 329 g/mol. The molecule has 0 aromatic carbocycles. The van der Waals surface area contributed by atoms with Crippen LogP contribution in [0.15, 0.2) is 16.7 Å². The molecule has 19 heavy (non-hydrogen) atoms. The molecule has 0 saturated carbocycles. The molecule has 104 valence electrons. The Morgan fingerprint density at radius 2 is 2.26 bits per heavy atom. The van der Waals surface area contributed by atoms with E-state index in [0.717, 1.165) is 38.3 Å². The summed E-state index contributed by atoms with van der Waals surface area (Å²) < 4.78 is 0.665. The van der Waals surface area contributed by atoms with E-state index in [-0.39, 0.29) is 5.69 Å². The highest BCUT2D eigenvalue weighted by Crippen LogP contribution is 2.28. The summed E-state index contributed by atoms with van der Waals surface area (Å²) in [5.41, 5.74) is 0.00545. The van der Waals surface area contributed by atoms with Crippen molar-refractivity contribution in [2.75, 3.05) is 31.6 Å². The van der Waals surface area contributed by atoms with Gasteiger partial charge in [0.15, 0.2) is 0 Å². The topological polar surface area (TPSA) is 71.3 Å². The quantitative estimate of drug-likeness (QED) is 0.677. The van der Waals surface area contributed by atoms with Gasteiger partial charge < -0.3 is 10.2 Å². The van der Waals surface area contributed by atoms with Crippen LogP contribution in [-0.4, -0.2) is 36.6 Å². The lowest BCUT2D eigenvalue weighted by Gasteiger charge is -2.28. The van der Waals surface area contributed by atoms with Gasteiger partial charge in [-0.15, -0.1) is 0 Å². The van der Waals surface area contributed by atoms with Gasteiger partial charge in [0.2, 0.25) is 0 Å². The Kier molecular flexibility index (Phi) is 4.71. The van der Waals surface area contributed by atoms with Gasteiger partial charge in [0.25, 0.3) is 5.69 Å². The van der Waals surface area contributed by atoms with Crippen molar-refractivity contribution in [3.8, 4) is 0 Å². The molecule has 1 aliphatic rings. The molecule has 2 heterocycles. The molecule has 0 amide bonds. The zero-order valence-electron chi connectivity index (χ0n) is 10.8. The van der Waals surface area contributed by atoms with Crippen LogP contribution in [-0.2, 0) is 0 Å². The second kappa shape index (κ2) is 6.29. The van der Waals surface area contributed by atoms with Crippen molar-refractivity contribution in [2.24, 2.45) is 5.92 Å². The molecule has 1 saturated heterocycles. The highest BCUT2D eigenvalue weighted by molar-refractivity contribution is 9.10. The van der Waals surface area contributed by atoms with Crippen LogP contribution in [0.4, 0.5) is 11.5 Å². The Morgan fingerprint density at radius 1 is 1.58 bits per heavy atom. The Balaban J connectivity index is 2.05. The van der Waals surface area contributed by atoms with Crippen molar-refractivity contribution in [1.29, 1.82) is 0 Å². The molecular weight excluding hydrogens is 312 g/mol. The van der Waals surface area contributed by atoms with Crippen LogP contribution in [0.25, 0.3) is 0 Å². The number of nitro groups is 1. The summed E-state index contributed by atoms with van der Waals surface area (Å²) in [5.74, 6) is 1.40. The van der Waals surface area contributed by atoms with Crippen LogP contribution < -0.4 is 10.2 Å². The van der Waals surface area contributed by atoms with Gasteiger partial charge in [-0.2, -0.15) is 0 Å². The molecule has 0 bridgehead atoms. The van der Waals surface area contributed by atoms with Crippen LogP contribution in [0.3, 0.4) is 0 Å². The Hall–Kier alpha value is -1.21. The minimum Gasteiger partial charge on any atom is -0.358 e. The number of hydrogen-bond donors (Lipinski definition) is 1. The minimum atomic E-state index is -0.436. The smallest absolute Gasteiger partial charge is 0.288 e. The SMILES string of the molecule is CN(CC1CCNCC1)c1ncc([N+](=O)[O-])cc1Br. The minimum absolute atomic E-state index is 0.00545. The Morgan fingerprint density at radius 3 is 2.84 bits per heavy atom. The molecule has 1 N–H and O–H groups in total. The number of rotatable bonds is 4. The number of aromatic nitrogens is 1. The number of halogens is 1. The van der Waals surface area contributed by atoms with Crippen LogP contribution in [0.5, 0.6) is 0 Å². The molecule has 0 aliphatic carbocycles. The van der Waals surface area contributed by atoms with E-state index in [9.17, 15) is 10.1 Å². The summed E-state index contributed by atoms with van der Waals surface area (Å²) in [7, 11) is 1.97. The fraction of sp³-hybridized carbons (Fsp3) is 0.583. The van der Waals surface area contributed by atoms with Gasteiger partial charge in [0, 0.05) is 19.7 Å². The Labute approximate surface area is 120 Å². The first-order valence-electron chi connectivity index (χ1n) is 6.29. The van der Waals surface area contributed by atoms with E-state index in [4.69, 9.17) is 0 Å². The standard InChI is InChI=1S/C12H17BrN4O2/c1-16(8-9-2-4-14-5-3-9)12-11(13)6-10(7-15-12)17(18)19/h6-7,9,14H,2-5,8H2,1H3. The second-order valence-electron chi connectivity index (χ2n) is 4.83. The largest absolute Gasteiger partial charge is 0.358 e. The van der Waals surface area contributed by atoms with Crippen LogP contribution in [0.1, 0.15) is 12.8 Å². The van der Waals surface area contributed by atoms with Crippen molar-refractivity contribution < 1.29 is 4.92 Å². The number of anilines is 1. The van der Waals surface area contributed by atoms with E-state index in [0.29, 0.717) is 10.4 Å². The summed E-state index contributed by atoms with van der Waals surface area (Å²) in [6.45, 7) is 3.05. The third-order valence-corrected chi connectivity index (χ3v) is 3.95. The van der Waals surface area contributed by atoms with E-state index in [1.807, 2.05) is 7.05 Å². The normalized spacial score (nSPS) is 16.3. The molecule has 1 fully saturated rings. The molecule has 0 atom stereocenters. The molecule has 0 spiro atoms. The maximum atomic E-state index is 10.7. The number of nitrogens with zero attached hydrogens (tertiary/aromatic N) is 3. The van der Waals surface area contributed by atoms with E-state index in [2.05, 4.69) is 31.1 Å². The van der Waals surface area contributed by atoms with Gasteiger partial charge in [-0.3, -0.25) is 10.1 Å². The van der Waals surface area contributed by atoms with Crippen molar-refractivity contribution in [2.45, 2.75) is 12.8 Å². The Bertz CT molecular complexity index is 463. The predicted molar refractivity (Wildman–Crippen MR) is 77.5 cm³/mol. The first-order chi connectivity index (χ1) is 9.08. The molecule has 2 rings (SSSR count). The van der Waals surface area contributed by atoms with Crippen molar-refractivity contribution >= 4 is 27.4 Å². The van der Waals surface area contributed by atoms with Crippen LogP contribution >= 0.6 is 15.9 Å². The fourth-order valence-electron chi connectivity index (χ4n) is 2.34. The average Bonchev–Trinajstić information content (AvgIpc) is 2.39. The monoisotopic (exact) mass is 328 g/mol. The van der Waals surface area contributed by atoms with Crippen molar-refractivity contribution in [1.82, 2.24) is 10.3 Å². The summed E-state index contributed by atoms with van der Waals surface area (Å²) in [6, 6.07) is 1.50. The van der Waals surface area contributed by atoms with Gasteiger partial charge in [-0.25, -0.2) is 4.98 Å². The van der Waals surface area contributed by atoms with Crippen LogP contribution in [0.2, 0.25) is 0 Å². The fourth-order valence-corrected chi connectivity index (χ4v) is 2.98. The highest BCUT2D eigenvalue weighted by Gasteiger charge is 2.18. The summed E-state index contributed by atoms with van der Waals surface area (Å²) in [6.07, 6.45) is 3.63. The van der Waals surface area contributed by atoms with E-state index in [1.54, 1.807) is 0 Å². The maximum absolute atomic E-state index is 10.7. The summed E-state index contributed by atoms with van der Waals surface area (Å²) in [4.78, 5) is 16.5. The molecule has 1 aromatic rings. The zero-order chi connectivity index (χ0) is 13.8. The predicted octanol–water partition coefficient (Wildman–Crippen LogP) is 2.19. The van der Waals surface area contributed by atoms with E-state index >= 15 is 0 Å². The van der Waals surface area contributed by atoms with E-state index in [1.165, 1.54) is 12.3 Å². The molecule has 6 nitrogen and oxygen atoms in total. The second-order valence-corrected chi connectivity index (χ2v) is 5.68. The molecular formula is C12H17BrN4O2. The highest BCUT2D eigenvalue weighted by atomic mass is 79.9. The number of piperidine rings is 1. The van der Waals surface area contributed by atoms with E-state index < -0.39 is 4.92 Å². The zero-order valence-corrected chi connectivity index (χ0v) is 12.4. The van der Waals surface area contributed by atoms with Gasteiger partial charge >= 0.3 is 0 Å². The van der Waals surface area contributed by atoms with Crippen molar-refractivity contribution in [3.05, 3.63) is 26.9 Å². The lowest BCUT2D eigenvalue weighted by atomic mass is 9.98. The first kappa shape index (κ1) is 14.2. The van der Waals surface area contributed by atoms with Crippen molar-refractivity contribution in [3.63, 3.8) is 0 Å². The first-order valence-corrected chi connectivity index (χ1v) is 7.09. The maximum Gasteiger partial charge on any atom is 0.288 e. The molecule has 7 heteroatoms. The third kappa shape index (κ3) is 3.63. The van der Waals surface area contributed by atoms with Gasteiger partial charge in [0.05, 0.1) is 9.40 Å². The van der Waals surface area contributed by atoms with Gasteiger partial charge in [-0.1, -0.05) is 0 Å². The molecule has 0 unspecified atom stereocenters. The summed E-state index contributed by atoms with van der Waals surface area (Å²) >= 11 is 3.36. The van der Waals surface area contributed by atoms with Gasteiger partial charge in [-0.05, 0) is 47.8 Å². The summed E-state index contributed by atoms with van der Waals surface area (Å²) in [5, 5.41) is 14.0. The third-order valence-electron chi connectivity index (χ3n) is 3.37. The lowest BCUT2D eigenvalue weighted by Crippen LogP contribution is -2.34.